The predicted octanol–water partition coefficient (Wildman–Crippen LogP) is 2.79. The number of pyridine rings is 1. The van der Waals surface area contributed by atoms with E-state index in [9.17, 15) is 18.4 Å². The predicted molar refractivity (Wildman–Crippen MR) is 104 cm³/mol. The number of nitrogens with two attached hydrogens (primary N) is 1. The molecule has 1 unspecified atom stereocenters. The van der Waals surface area contributed by atoms with Gasteiger partial charge in [0.2, 0.25) is 11.8 Å². The van der Waals surface area contributed by atoms with E-state index in [-0.39, 0.29) is 23.5 Å². The number of hydrogen-bond acceptors (Lipinski definition) is 5. The monoisotopic (exact) mass is 406 g/mol. The third-order valence-electron chi connectivity index (χ3n) is 4.44. The van der Waals surface area contributed by atoms with E-state index in [1.807, 2.05) is 4.90 Å². The molecule has 148 valence electrons. The normalized spacial score (nSPS) is 16.6. The number of carbonyl (C=O) groups excluding carboxylic acids is 2. The van der Waals surface area contributed by atoms with Crippen molar-refractivity contribution in [1.29, 1.82) is 0 Å². The van der Waals surface area contributed by atoms with Crippen LogP contribution in [0.5, 0.6) is 0 Å². The second kappa shape index (κ2) is 9.01. The zero-order valence-corrected chi connectivity index (χ0v) is 15.8. The summed E-state index contributed by atoms with van der Waals surface area (Å²) in [5.41, 5.74) is 5.93. The number of rotatable bonds is 6. The Morgan fingerprint density at radius 3 is 2.75 bits per heavy atom. The smallest absolute Gasteiger partial charge is 0.234 e. The lowest BCUT2D eigenvalue weighted by molar-refractivity contribution is -0.122. The van der Waals surface area contributed by atoms with Crippen LogP contribution in [0.15, 0.2) is 41.4 Å². The number of piperidine rings is 1. The summed E-state index contributed by atoms with van der Waals surface area (Å²) in [7, 11) is 0. The van der Waals surface area contributed by atoms with Gasteiger partial charge in [0, 0.05) is 18.0 Å². The number of benzene rings is 1. The number of aromatic nitrogens is 1. The maximum Gasteiger partial charge on any atom is 0.234 e. The van der Waals surface area contributed by atoms with Crippen LogP contribution in [0.1, 0.15) is 12.8 Å². The molecular weight excluding hydrogens is 386 g/mol. The molecule has 2 aromatic rings. The van der Waals surface area contributed by atoms with E-state index < -0.39 is 11.6 Å². The number of amides is 2. The molecule has 2 amide bonds. The van der Waals surface area contributed by atoms with Crippen LogP contribution < -0.4 is 16.0 Å². The van der Waals surface area contributed by atoms with Crippen LogP contribution in [-0.4, -0.2) is 35.6 Å². The van der Waals surface area contributed by atoms with Gasteiger partial charge >= 0.3 is 0 Å². The largest absolute Gasteiger partial charge is 0.369 e. The molecule has 0 saturated carbocycles. The fourth-order valence-corrected chi connectivity index (χ4v) is 3.70. The Labute approximate surface area is 165 Å². The number of carbonyl (C=O) groups is 2. The average molecular weight is 406 g/mol. The first kappa shape index (κ1) is 20.1. The van der Waals surface area contributed by atoms with Crippen molar-refractivity contribution in [3.63, 3.8) is 0 Å². The van der Waals surface area contributed by atoms with Gasteiger partial charge < -0.3 is 16.0 Å². The van der Waals surface area contributed by atoms with Crippen LogP contribution in [0.25, 0.3) is 0 Å². The minimum Gasteiger partial charge on any atom is -0.369 e. The minimum absolute atomic E-state index is 0.0548. The number of anilines is 2. The molecule has 0 aliphatic carbocycles. The molecular formula is C19H20F2N4O2S. The second-order valence-electron chi connectivity index (χ2n) is 6.51. The zero-order chi connectivity index (χ0) is 20.1. The number of hydrogen-bond donors (Lipinski definition) is 2. The van der Waals surface area contributed by atoms with Gasteiger partial charge in [0.15, 0.2) is 11.6 Å². The molecule has 0 spiro atoms. The third kappa shape index (κ3) is 5.19. The van der Waals surface area contributed by atoms with E-state index in [2.05, 4.69) is 10.3 Å². The molecule has 1 aliphatic rings. The van der Waals surface area contributed by atoms with Gasteiger partial charge in [-0.3, -0.25) is 9.59 Å². The second-order valence-corrected chi connectivity index (χ2v) is 7.55. The molecule has 1 aliphatic heterocycles. The summed E-state index contributed by atoms with van der Waals surface area (Å²) in [4.78, 5) is 30.3. The van der Waals surface area contributed by atoms with E-state index in [4.69, 9.17) is 5.73 Å². The molecule has 1 aromatic carbocycles. The molecule has 6 nitrogen and oxygen atoms in total. The molecule has 0 bridgehead atoms. The fourth-order valence-electron chi connectivity index (χ4n) is 2.98. The Bertz CT molecular complexity index is 864. The lowest BCUT2D eigenvalue weighted by Crippen LogP contribution is -2.41. The molecule has 9 heteroatoms. The fraction of sp³-hybridized carbons (Fsp3) is 0.316. The molecule has 3 N–H and O–H groups in total. The van der Waals surface area contributed by atoms with Crippen LogP contribution in [0.4, 0.5) is 20.3 Å². The van der Waals surface area contributed by atoms with E-state index >= 15 is 0 Å². The van der Waals surface area contributed by atoms with Crippen LogP contribution in [-0.2, 0) is 9.59 Å². The summed E-state index contributed by atoms with van der Waals surface area (Å²) < 4.78 is 26.1. The van der Waals surface area contributed by atoms with E-state index in [1.165, 1.54) is 6.07 Å². The summed E-state index contributed by atoms with van der Waals surface area (Å²) >= 11 is 1.11. The molecule has 28 heavy (non-hydrogen) atoms. The topological polar surface area (TPSA) is 88.3 Å². The van der Waals surface area contributed by atoms with Crippen LogP contribution >= 0.6 is 11.8 Å². The summed E-state index contributed by atoms with van der Waals surface area (Å²) in [6.07, 6.45) is 3.20. The highest BCUT2D eigenvalue weighted by molar-refractivity contribution is 8.00. The van der Waals surface area contributed by atoms with Gasteiger partial charge in [-0.05, 0) is 43.2 Å². The Kier molecular flexibility index (Phi) is 6.45. The van der Waals surface area contributed by atoms with Crippen molar-refractivity contribution in [2.45, 2.75) is 17.7 Å². The van der Waals surface area contributed by atoms with Crippen LogP contribution in [0.2, 0.25) is 0 Å². The number of nitrogens with zero attached hydrogens (tertiary/aromatic N) is 2. The van der Waals surface area contributed by atoms with Gasteiger partial charge in [-0.25, -0.2) is 13.8 Å². The number of thioether (sulfide) groups is 1. The quantitative estimate of drug-likeness (QED) is 0.721. The minimum atomic E-state index is -0.943. The van der Waals surface area contributed by atoms with E-state index in [0.717, 1.165) is 49.1 Å². The van der Waals surface area contributed by atoms with Gasteiger partial charge in [-0.2, -0.15) is 0 Å². The van der Waals surface area contributed by atoms with Gasteiger partial charge in [0.05, 0.1) is 23.6 Å². The molecule has 1 atom stereocenters. The summed E-state index contributed by atoms with van der Waals surface area (Å²) in [6.45, 7) is 1.34. The first-order valence-corrected chi connectivity index (χ1v) is 9.79. The van der Waals surface area contributed by atoms with Crippen molar-refractivity contribution < 1.29 is 18.4 Å². The Morgan fingerprint density at radius 2 is 2.07 bits per heavy atom. The van der Waals surface area contributed by atoms with Crippen molar-refractivity contribution in [1.82, 2.24) is 4.98 Å². The Hall–Kier alpha value is -2.68. The van der Waals surface area contributed by atoms with Crippen molar-refractivity contribution >= 4 is 35.1 Å². The molecule has 1 aromatic heterocycles. The van der Waals surface area contributed by atoms with Crippen molar-refractivity contribution in [3.05, 3.63) is 48.2 Å². The van der Waals surface area contributed by atoms with Gasteiger partial charge in [-0.1, -0.05) is 0 Å². The SMILES string of the molecule is NC(=O)C1CCCN(c2ccc(NC(=O)CSc3ccc(F)c(F)c3)cn2)C1. The van der Waals surface area contributed by atoms with Crippen LogP contribution in [0, 0.1) is 17.6 Å². The summed E-state index contributed by atoms with van der Waals surface area (Å²) in [5, 5.41) is 2.71. The lowest BCUT2D eigenvalue weighted by atomic mass is 9.97. The van der Waals surface area contributed by atoms with Gasteiger partial charge in [-0.15, -0.1) is 11.8 Å². The number of nitrogens with one attached hydrogen (secondary N) is 1. The summed E-state index contributed by atoms with van der Waals surface area (Å²) in [6, 6.07) is 7.02. The molecule has 1 fully saturated rings. The zero-order valence-electron chi connectivity index (χ0n) is 15.0. The first-order chi connectivity index (χ1) is 13.4. The number of primary amides is 1. The Balaban J connectivity index is 1.52. The average Bonchev–Trinajstić information content (AvgIpc) is 2.69. The third-order valence-corrected chi connectivity index (χ3v) is 5.43. The van der Waals surface area contributed by atoms with Gasteiger partial charge in [0.1, 0.15) is 5.82 Å². The highest BCUT2D eigenvalue weighted by Crippen LogP contribution is 2.23. The highest BCUT2D eigenvalue weighted by Gasteiger charge is 2.24. The Morgan fingerprint density at radius 1 is 1.25 bits per heavy atom. The maximum absolute atomic E-state index is 13.2. The lowest BCUT2D eigenvalue weighted by Gasteiger charge is -2.32. The van der Waals surface area contributed by atoms with Crippen LogP contribution in [0.3, 0.4) is 0 Å². The molecule has 2 heterocycles. The molecule has 1 saturated heterocycles. The molecule has 3 rings (SSSR count). The maximum atomic E-state index is 13.2. The number of halogens is 2. The first-order valence-electron chi connectivity index (χ1n) is 8.80. The van der Waals surface area contributed by atoms with Crippen molar-refractivity contribution in [2.24, 2.45) is 11.7 Å². The van der Waals surface area contributed by atoms with Crippen molar-refractivity contribution in [3.8, 4) is 0 Å². The van der Waals surface area contributed by atoms with E-state index in [0.29, 0.717) is 17.1 Å². The highest BCUT2D eigenvalue weighted by atomic mass is 32.2. The standard InChI is InChI=1S/C19H20F2N4O2S/c20-15-5-4-14(8-16(15)21)28-11-18(26)24-13-3-6-17(23-9-13)25-7-1-2-12(10-25)19(22)27/h3-6,8-9,12H,1-2,7,10-11H2,(H2,22,27)(H,24,26). The van der Waals surface area contributed by atoms with Gasteiger partial charge in [0.25, 0.3) is 0 Å². The van der Waals surface area contributed by atoms with E-state index in [1.54, 1.807) is 18.3 Å². The van der Waals surface area contributed by atoms with Crippen molar-refractivity contribution in [2.75, 3.05) is 29.1 Å². The molecule has 0 radical (unpaired) electrons. The summed E-state index contributed by atoms with van der Waals surface area (Å²) in [5.74, 6) is -1.84.